The minimum atomic E-state index is -0.215. The summed E-state index contributed by atoms with van der Waals surface area (Å²) < 4.78 is 11.0. The fourth-order valence-electron chi connectivity index (χ4n) is 4.53. The van der Waals surface area contributed by atoms with Crippen molar-refractivity contribution in [3.05, 3.63) is 119 Å². The highest BCUT2D eigenvalue weighted by molar-refractivity contribution is 5.43. The van der Waals surface area contributed by atoms with Crippen LogP contribution in [0.3, 0.4) is 0 Å². The third kappa shape index (κ3) is 6.36. The monoisotopic (exact) mass is 525 g/mol. The summed E-state index contributed by atoms with van der Waals surface area (Å²) in [5.41, 5.74) is 6.80. The van der Waals surface area contributed by atoms with Gasteiger partial charge >= 0.3 is 0 Å². The van der Waals surface area contributed by atoms with Gasteiger partial charge in [-0.05, 0) is 70.8 Å². The predicted octanol–water partition coefficient (Wildman–Crippen LogP) is 6.70. The van der Waals surface area contributed by atoms with E-state index in [0.717, 1.165) is 23.5 Å². The predicted molar refractivity (Wildman–Crippen MR) is 151 cm³/mol. The lowest BCUT2D eigenvalue weighted by Gasteiger charge is -2.26. The quantitative estimate of drug-likeness (QED) is 0.168. The Balaban J connectivity index is 1.14. The molecule has 0 bridgehead atoms. The van der Waals surface area contributed by atoms with Gasteiger partial charge in [0.05, 0.1) is 6.61 Å². The summed E-state index contributed by atoms with van der Waals surface area (Å²) in [5, 5.41) is 9.59. The summed E-state index contributed by atoms with van der Waals surface area (Å²) in [5.74, 6) is 2.40. The van der Waals surface area contributed by atoms with E-state index in [4.69, 9.17) is 19.1 Å². The molecule has 1 aliphatic heterocycles. The molecule has 1 atom stereocenters. The lowest BCUT2D eigenvalue weighted by Crippen LogP contribution is -2.23. The molecule has 39 heavy (non-hydrogen) atoms. The fourth-order valence-corrected chi connectivity index (χ4v) is 4.53. The molecule has 0 spiro atoms. The molecular formula is C33H35NO5. The van der Waals surface area contributed by atoms with Gasteiger partial charge in [0.2, 0.25) is 0 Å². The van der Waals surface area contributed by atoms with Gasteiger partial charge in [0.25, 0.3) is 0 Å². The van der Waals surface area contributed by atoms with Crippen LogP contribution in [0, 0.1) is 0 Å². The highest BCUT2D eigenvalue weighted by Gasteiger charge is 2.25. The molecule has 4 aromatic rings. The van der Waals surface area contributed by atoms with E-state index in [1.54, 1.807) is 12.1 Å². The first-order chi connectivity index (χ1) is 18.7. The van der Waals surface area contributed by atoms with E-state index >= 15 is 0 Å². The Bertz CT molecular complexity index is 1360. The lowest BCUT2D eigenvalue weighted by atomic mass is 9.78. The molecule has 0 aliphatic carbocycles. The number of nitrogens with one attached hydrogen (secondary N) is 1. The number of benzene rings is 4. The SMILES string of the molecule is CC(C)(c1ccc(O)cc1)c1ccc(ONOc2ccc(C(C)(C)c3ccc(OCC4CO4)cc3)cc2)cc1. The molecule has 1 fully saturated rings. The summed E-state index contributed by atoms with van der Waals surface area (Å²) in [7, 11) is 0. The summed E-state index contributed by atoms with van der Waals surface area (Å²) >= 11 is 0. The van der Waals surface area contributed by atoms with Crippen LogP contribution in [0.5, 0.6) is 23.0 Å². The third-order valence-corrected chi connectivity index (χ3v) is 7.47. The third-order valence-electron chi connectivity index (χ3n) is 7.47. The van der Waals surface area contributed by atoms with E-state index < -0.39 is 0 Å². The van der Waals surface area contributed by atoms with Gasteiger partial charge in [0, 0.05) is 16.5 Å². The van der Waals surface area contributed by atoms with Crippen LogP contribution in [0.25, 0.3) is 0 Å². The summed E-state index contributed by atoms with van der Waals surface area (Å²) in [6, 6.07) is 31.4. The van der Waals surface area contributed by atoms with Gasteiger partial charge in [-0.25, -0.2) is 0 Å². The largest absolute Gasteiger partial charge is 0.508 e. The van der Waals surface area contributed by atoms with Gasteiger partial charge in [0.1, 0.15) is 24.2 Å². The highest BCUT2D eigenvalue weighted by atomic mass is 16.9. The second kappa shape index (κ2) is 11.0. The average molecular weight is 526 g/mol. The van der Waals surface area contributed by atoms with Crippen LogP contribution in [-0.4, -0.2) is 24.4 Å². The van der Waals surface area contributed by atoms with Gasteiger partial charge in [-0.1, -0.05) is 76.2 Å². The normalized spacial score (nSPS) is 15.0. The number of aromatic hydroxyl groups is 1. The van der Waals surface area contributed by atoms with Gasteiger partial charge in [-0.3, -0.25) is 0 Å². The molecule has 0 amide bonds. The van der Waals surface area contributed by atoms with E-state index in [-0.39, 0.29) is 22.7 Å². The molecule has 6 heteroatoms. The summed E-state index contributed by atoms with van der Waals surface area (Å²) in [6.45, 7) is 10.1. The number of phenols is 1. The molecule has 2 N–H and O–H groups in total. The minimum absolute atomic E-state index is 0.184. The van der Waals surface area contributed by atoms with Crippen molar-refractivity contribution < 1.29 is 24.3 Å². The van der Waals surface area contributed by atoms with Crippen molar-refractivity contribution in [3.8, 4) is 23.0 Å². The molecule has 202 valence electrons. The first-order valence-corrected chi connectivity index (χ1v) is 13.2. The fraction of sp³-hybridized carbons (Fsp3) is 0.273. The standard InChI is InChI=1S/C33H35NO5/c1-32(2,23-5-13-27(35)14-6-23)25-9-17-29(18-10-25)38-34-39-30-19-11-26(12-20-30)33(3,4)24-7-15-28(16-8-24)36-21-31-22-37-31/h5-20,31,34-35H,21-22H2,1-4H3. The Kier molecular flexibility index (Phi) is 7.51. The number of epoxide rings is 1. The van der Waals surface area contributed by atoms with Crippen molar-refractivity contribution in [1.29, 1.82) is 0 Å². The molecule has 6 nitrogen and oxygen atoms in total. The smallest absolute Gasteiger partial charge is 0.151 e. The van der Waals surface area contributed by atoms with Crippen LogP contribution in [0.1, 0.15) is 49.9 Å². The van der Waals surface area contributed by atoms with Crippen LogP contribution in [0.4, 0.5) is 0 Å². The summed E-state index contributed by atoms with van der Waals surface area (Å²) in [6.07, 6.45) is 0.247. The molecule has 4 aromatic carbocycles. The molecule has 1 saturated heterocycles. The van der Waals surface area contributed by atoms with E-state index in [9.17, 15) is 5.11 Å². The van der Waals surface area contributed by atoms with Crippen molar-refractivity contribution >= 4 is 0 Å². The van der Waals surface area contributed by atoms with Gasteiger partial charge in [-0.15, -0.1) is 0 Å². The van der Waals surface area contributed by atoms with Gasteiger partial charge in [-0.2, -0.15) is 0 Å². The zero-order valence-corrected chi connectivity index (χ0v) is 22.8. The topological polar surface area (TPSA) is 72.5 Å². The Morgan fingerprint density at radius 1 is 0.641 bits per heavy atom. The highest BCUT2D eigenvalue weighted by Crippen LogP contribution is 2.34. The second-order valence-corrected chi connectivity index (χ2v) is 10.9. The molecule has 0 radical (unpaired) electrons. The number of hydrogen-bond acceptors (Lipinski definition) is 6. The molecule has 1 aliphatic rings. The van der Waals surface area contributed by atoms with E-state index in [1.807, 2.05) is 60.7 Å². The molecule has 0 saturated carbocycles. The van der Waals surface area contributed by atoms with Crippen LogP contribution < -0.4 is 20.1 Å². The van der Waals surface area contributed by atoms with E-state index in [1.165, 1.54) is 11.1 Å². The van der Waals surface area contributed by atoms with Crippen LogP contribution in [-0.2, 0) is 15.6 Å². The van der Waals surface area contributed by atoms with Crippen molar-refractivity contribution in [2.45, 2.75) is 44.6 Å². The minimum Gasteiger partial charge on any atom is -0.508 e. The Morgan fingerprint density at radius 3 is 1.38 bits per heavy atom. The molecule has 5 rings (SSSR count). The van der Waals surface area contributed by atoms with Crippen LogP contribution >= 0.6 is 0 Å². The van der Waals surface area contributed by atoms with Crippen molar-refractivity contribution in [2.24, 2.45) is 0 Å². The molecule has 1 heterocycles. The summed E-state index contributed by atoms with van der Waals surface area (Å²) in [4.78, 5) is 11.2. The van der Waals surface area contributed by atoms with Crippen LogP contribution in [0.15, 0.2) is 97.1 Å². The first-order valence-electron chi connectivity index (χ1n) is 13.2. The zero-order valence-electron chi connectivity index (χ0n) is 22.8. The number of rotatable bonds is 11. The number of phenolic OH excluding ortho intramolecular Hbond substituents is 1. The zero-order chi connectivity index (χ0) is 27.5. The van der Waals surface area contributed by atoms with Gasteiger partial charge < -0.3 is 24.3 Å². The van der Waals surface area contributed by atoms with Crippen molar-refractivity contribution in [2.75, 3.05) is 13.2 Å². The molecule has 1 unspecified atom stereocenters. The maximum atomic E-state index is 9.59. The average Bonchev–Trinajstić information content (AvgIpc) is 3.78. The van der Waals surface area contributed by atoms with Crippen molar-refractivity contribution in [3.63, 3.8) is 0 Å². The number of ether oxygens (including phenoxy) is 2. The van der Waals surface area contributed by atoms with E-state index in [2.05, 4.69) is 57.6 Å². The Hall–Kier alpha value is -4.00. The van der Waals surface area contributed by atoms with E-state index in [0.29, 0.717) is 18.1 Å². The van der Waals surface area contributed by atoms with Crippen molar-refractivity contribution in [1.82, 2.24) is 5.64 Å². The van der Waals surface area contributed by atoms with Crippen LogP contribution in [0.2, 0.25) is 0 Å². The lowest BCUT2D eigenvalue weighted by molar-refractivity contribution is -0.0192. The Morgan fingerprint density at radius 2 is 1.00 bits per heavy atom. The maximum absolute atomic E-state index is 9.59. The number of hydrogen-bond donors (Lipinski definition) is 2. The second-order valence-electron chi connectivity index (χ2n) is 10.9. The molecule has 0 aromatic heterocycles. The maximum Gasteiger partial charge on any atom is 0.151 e. The molecular weight excluding hydrogens is 490 g/mol. The van der Waals surface area contributed by atoms with Gasteiger partial charge in [0.15, 0.2) is 11.5 Å². The Labute approximate surface area is 230 Å². The first kappa shape index (κ1) is 26.6.